The summed E-state index contributed by atoms with van der Waals surface area (Å²) >= 11 is 0. The molecule has 0 radical (unpaired) electrons. The summed E-state index contributed by atoms with van der Waals surface area (Å²) in [5.41, 5.74) is 0.840. The molecule has 0 amide bonds. The van der Waals surface area contributed by atoms with Crippen LogP contribution in [-0.2, 0) is 0 Å². The van der Waals surface area contributed by atoms with Crippen molar-refractivity contribution < 1.29 is 10.3 Å². The number of fused-ring (bicyclic) bond motifs is 2. The van der Waals surface area contributed by atoms with E-state index in [1.165, 1.54) is 0 Å². The van der Waals surface area contributed by atoms with E-state index in [0.29, 0.717) is 5.92 Å². The minimum absolute atomic E-state index is 0.176. The van der Waals surface area contributed by atoms with Crippen LogP contribution in [-0.4, -0.2) is 22.1 Å². The second-order valence-electron chi connectivity index (χ2n) is 3.21. The van der Waals surface area contributed by atoms with Crippen LogP contribution in [0.5, 0.6) is 0 Å². The zero-order chi connectivity index (χ0) is 7.14. The highest BCUT2D eigenvalue weighted by Crippen LogP contribution is 2.42. The molecule has 2 rings (SSSR count). The molecule has 2 aliphatic rings. The lowest BCUT2D eigenvalue weighted by molar-refractivity contribution is 0.118. The van der Waals surface area contributed by atoms with Crippen LogP contribution in [0, 0.1) is 11.8 Å². The van der Waals surface area contributed by atoms with Gasteiger partial charge in [-0.15, -0.1) is 0 Å². The predicted molar refractivity (Wildman–Crippen MR) is 36.1 cm³/mol. The minimum Gasteiger partial charge on any atom is -0.411 e. The van der Waals surface area contributed by atoms with Crippen molar-refractivity contribution in [2.45, 2.75) is 25.4 Å². The second kappa shape index (κ2) is 1.95. The molecular weight excluding hydrogens is 130 g/mol. The van der Waals surface area contributed by atoms with Gasteiger partial charge < -0.3 is 10.3 Å². The van der Waals surface area contributed by atoms with Gasteiger partial charge in [-0.1, -0.05) is 5.16 Å². The van der Waals surface area contributed by atoms with Crippen LogP contribution in [0.2, 0.25) is 0 Å². The SMILES string of the molecule is O/N=C1\[C@@H]2CC[C@H]1[C@H](O)C2. The first-order valence-electron chi connectivity index (χ1n) is 3.73. The van der Waals surface area contributed by atoms with E-state index in [1.54, 1.807) is 0 Å². The Bertz CT molecular complexity index is 178. The van der Waals surface area contributed by atoms with Crippen molar-refractivity contribution in [3.63, 3.8) is 0 Å². The molecule has 0 aromatic heterocycles. The smallest absolute Gasteiger partial charge is 0.0659 e. The van der Waals surface area contributed by atoms with Gasteiger partial charge in [-0.2, -0.15) is 0 Å². The lowest BCUT2D eigenvalue weighted by atomic mass is 9.98. The molecule has 0 spiro atoms. The summed E-state index contributed by atoms with van der Waals surface area (Å²) in [6.45, 7) is 0. The monoisotopic (exact) mass is 141 g/mol. The normalized spacial score (nSPS) is 48.9. The molecule has 0 unspecified atom stereocenters. The van der Waals surface area contributed by atoms with Gasteiger partial charge >= 0.3 is 0 Å². The van der Waals surface area contributed by atoms with E-state index in [9.17, 15) is 5.11 Å². The molecule has 2 aliphatic carbocycles. The topological polar surface area (TPSA) is 52.8 Å². The first-order valence-corrected chi connectivity index (χ1v) is 3.73. The Morgan fingerprint density at radius 1 is 1.40 bits per heavy atom. The number of hydrogen-bond donors (Lipinski definition) is 2. The Balaban J connectivity index is 2.27. The number of nitrogens with zero attached hydrogens (tertiary/aromatic N) is 1. The predicted octanol–water partition coefficient (Wildman–Crippen LogP) is 0.607. The molecule has 3 nitrogen and oxygen atoms in total. The van der Waals surface area contributed by atoms with Crippen molar-refractivity contribution >= 4 is 5.71 Å². The Labute approximate surface area is 59.4 Å². The standard InChI is InChI=1S/C7H11NO2/c9-6-3-4-1-2-5(6)7(4)8-10/h4-6,9-10H,1-3H2/b8-7+/t4-,5+,6-/m1/s1. The Kier molecular flexibility index (Phi) is 1.20. The molecule has 56 valence electrons. The van der Waals surface area contributed by atoms with Gasteiger partial charge in [0.2, 0.25) is 0 Å². The first-order chi connectivity index (χ1) is 4.83. The number of aliphatic hydroxyl groups is 1. The Hall–Kier alpha value is -0.570. The van der Waals surface area contributed by atoms with E-state index in [-0.39, 0.29) is 12.0 Å². The highest BCUT2D eigenvalue weighted by atomic mass is 16.4. The van der Waals surface area contributed by atoms with E-state index in [0.717, 1.165) is 25.0 Å². The molecule has 0 aliphatic heterocycles. The molecule has 2 saturated carbocycles. The number of oxime groups is 1. The van der Waals surface area contributed by atoms with E-state index < -0.39 is 0 Å². The number of aliphatic hydroxyl groups excluding tert-OH is 1. The van der Waals surface area contributed by atoms with Crippen LogP contribution in [0.1, 0.15) is 19.3 Å². The molecule has 0 aromatic carbocycles. The van der Waals surface area contributed by atoms with Gasteiger partial charge in [0.15, 0.2) is 0 Å². The average Bonchev–Trinajstić information content (AvgIpc) is 2.42. The van der Waals surface area contributed by atoms with E-state index in [2.05, 4.69) is 5.16 Å². The zero-order valence-corrected chi connectivity index (χ0v) is 5.70. The van der Waals surface area contributed by atoms with Crippen LogP contribution < -0.4 is 0 Å². The van der Waals surface area contributed by atoms with Gasteiger partial charge in [0, 0.05) is 11.8 Å². The number of hydrogen-bond acceptors (Lipinski definition) is 3. The lowest BCUT2D eigenvalue weighted by Crippen LogP contribution is -2.16. The molecule has 2 N–H and O–H groups in total. The van der Waals surface area contributed by atoms with Gasteiger partial charge in [0.1, 0.15) is 0 Å². The van der Waals surface area contributed by atoms with Gasteiger partial charge in [0.25, 0.3) is 0 Å². The molecule has 3 heteroatoms. The summed E-state index contributed by atoms with van der Waals surface area (Å²) in [5, 5.41) is 21.1. The van der Waals surface area contributed by atoms with Crippen molar-refractivity contribution in [3.05, 3.63) is 0 Å². The maximum atomic E-state index is 9.33. The zero-order valence-electron chi connectivity index (χ0n) is 5.70. The quantitative estimate of drug-likeness (QED) is 0.383. The van der Waals surface area contributed by atoms with Crippen LogP contribution in [0.15, 0.2) is 5.16 Å². The van der Waals surface area contributed by atoms with Gasteiger partial charge in [0.05, 0.1) is 11.8 Å². The van der Waals surface area contributed by atoms with Gasteiger partial charge in [-0.3, -0.25) is 0 Å². The maximum absolute atomic E-state index is 9.33. The van der Waals surface area contributed by atoms with Crippen molar-refractivity contribution in [1.29, 1.82) is 0 Å². The van der Waals surface area contributed by atoms with Crippen LogP contribution in [0.4, 0.5) is 0 Å². The molecule has 0 saturated heterocycles. The van der Waals surface area contributed by atoms with Crippen LogP contribution in [0.3, 0.4) is 0 Å². The van der Waals surface area contributed by atoms with Gasteiger partial charge in [-0.25, -0.2) is 0 Å². The Morgan fingerprint density at radius 3 is 2.50 bits per heavy atom. The average molecular weight is 141 g/mol. The molecular formula is C7H11NO2. The maximum Gasteiger partial charge on any atom is 0.0659 e. The first kappa shape index (κ1) is 6.16. The van der Waals surface area contributed by atoms with Crippen LogP contribution in [0.25, 0.3) is 0 Å². The molecule has 2 fully saturated rings. The summed E-state index contributed by atoms with van der Waals surface area (Å²) in [4.78, 5) is 0. The summed E-state index contributed by atoms with van der Waals surface area (Å²) in [6.07, 6.45) is 2.68. The third kappa shape index (κ3) is 0.611. The summed E-state index contributed by atoms with van der Waals surface area (Å²) in [6, 6.07) is 0. The van der Waals surface area contributed by atoms with E-state index in [1.807, 2.05) is 0 Å². The fraction of sp³-hybridized carbons (Fsp3) is 0.857. The van der Waals surface area contributed by atoms with Crippen molar-refractivity contribution in [3.8, 4) is 0 Å². The number of rotatable bonds is 0. The fourth-order valence-corrected chi connectivity index (χ4v) is 2.22. The van der Waals surface area contributed by atoms with Crippen molar-refractivity contribution in [2.75, 3.05) is 0 Å². The molecule has 0 heterocycles. The summed E-state index contributed by atoms with van der Waals surface area (Å²) in [5.74, 6) is 0.556. The molecule has 0 aromatic rings. The second-order valence-corrected chi connectivity index (χ2v) is 3.21. The fourth-order valence-electron chi connectivity index (χ4n) is 2.22. The Morgan fingerprint density at radius 2 is 2.20 bits per heavy atom. The summed E-state index contributed by atoms with van der Waals surface area (Å²) < 4.78 is 0. The molecule has 2 bridgehead atoms. The van der Waals surface area contributed by atoms with Crippen molar-refractivity contribution in [2.24, 2.45) is 17.0 Å². The highest BCUT2D eigenvalue weighted by Gasteiger charge is 2.44. The van der Waals surface area contributed by atoms with Gasteiger partial charge in [-0.05, 0) is 19.3 Å². The largest absolute Gasteiger partial charge is 0.411 e. The third-order valence-electron chi connectivity index (χ3n) is 2.73. The minimum atomic E-state index is -0.232. The molecule has 10 heavy (non-hydrogen) atoms. The van der Waals surface area contributed by atoms with E-state index in [4.69, 9.17) is 5.21 Å². The van der Waals surface area contributed by atoms with Crippen molar-refractivity contribution in [1.82, 2.24) is 0 Å². The lowest BCUT2D eigenvalue weighted by Gasteiger charge is -2.12. The highest BCUT2D eigenvalue weighted by molar-refractivity contribution is 5.92. The summed E-state index contributed by atoms with van der Waals surface area (Å²) in [7, 11) is 0. The van der Waals surface area contributed by atoms with E-state index >= 15 is 0 Å². The third-order valence-corrected chi connectivity index (χ3v) is 2.73. The van der Waals surface area contributed by atoms with Crippen LogP contribution >= 0.6 is 0 Å². The molecule has 3 atom stereocenters.